The van der Waals surface area contributed by atoms with Gasteiger partial charge in [-0.3, -0.25) is 4.79 Å². The van der Waals surface area contributed by atoms with Crippen LogP contribution in [0.2, 0.25) is 0 Å². The number of methoxy groups -OCH3 is 1. The molecule has 5 nitrogen and oxygen atoms in total. The monoisotopic (exact) mass is 347 g/mol. The third-order valence-electron chi connectivity index (χ3n) is 3.64. The highest BCUT2D eigenvalue weighted by molar-refractivity contribution is 6.04. The highest BCUT2D eigenvalue weighted by Crippen LogP contribution is 2.22. The molecule has 3 aromatic carbocycles. The molecule has 130 valence electrons. The molecular formula is C21H17NO4. The number of hydrogen-bond donors (Lipinski definition) is 1. The SMILES string of the molecule is COC(=O)c1ccc(NC(=O)c2cccc(Oc3ccccc3)c2)cc1. The first-order valence-corrected chi connectivity index (χ1v) is 7.98. The van der Waals surface area contributed by atoms with Gasteiger partial charge in [0.05, 0.1) is 12.7 Å². The number of benzene rings is 3. The molecule has 0 spiro atoms. The van der Waals surface area contributed by atoms with E-state index in [-0.39, 0.29) is 5.91 Å². The summed E-state index contributed by atoms with van der Waals surface area (Å²) in [5, 5.41) is 2.79. The summed E-state index contributed by atoms with van der Waals surface area (Å²) in [7, 11) is 1.32. The molecule has 0 radical (unpaired) electrons. The van der Waals surface area contributed by atoms with Crippen LogP contribution in [0.3, 0.4) is 0 Å². The Hall–Kier alpha value is -3.60. The predicted octanol–water partition coefficient (Wildman–Crippen LogP) is 4.52. The third kappa shape index (κ3) is 4.27. The van der Waals surface area contributed by atoms with Crippen LogP contribution in [-0.4, -0.2) is 19.0 Å². The van der Waals surface area contributed by atoms with Crippen molar-refractivity contribution in [2.24, 2.45) is 0 Å². The van der Waals surface area contributed by atoms with Gasteiger partial charge in [-0.1, -0.05) is 24.3 Å². The first kappa shape index (κ1) is 17.2. The van der Waals surface area contributed by atoms with Gasteiger partial charge < -0.3 is 14.8 Å². The van der Waals surface area contributed by atoms with E-state index in [2.05, 4.69) is 10.1 Å². The maximum atomic E-state index is 12.4. The molecule has 0 saturated carbocycles. The van der Waals surface area contributed by atoms with Gasteiger partial charge >= 0.3 is 5.97 Å². The second-order valence-electron chi connectivity index (χ2n) is 5.47. The number of ether oxygens (including phenoxy) is 2. The Labute approximate surface area is 151 Å². The molecule has 0 unspecified atom stereocenters. The summed E-state index contributed by atoms with van der Waals surface area (Å²) < 4.78 is 10.4. The van der Waals surface area contributed by atoms with Crippen molar-refractivity contribution in [1.29, 1.82) is 0 Å². The van der Waals surface area contributed by atoms with Gasteiger partial charge in [-0.2, -0.15) is 0 Å². The van der Waals surface area contributed by atoms with Crippen molar-refractivity contribution < 1.29 is 19.1 Å². The van der Waals surface area contributed by atoms with E-state index in [1.54, 1.807) is 48.5 Å². The Morgan fingerprint density at radius 3 is 2.15 bits per heavy atom. The highest BCUT2D eigenvalue weighted by Gasteiger charge is 2.09. The van der Waals surface area contributed by atoms with E-state index in [1.807, 2.05) is 30.3 Å². The fourth-order valence-corrected chi connectivity index (χ4v) is 2.34. The minimum atomic E-state index is -0.423. The maximum Gasteiger partial charge on any atom is 0.337 e. The number of carbonyl (C=O) groups excluding carboxylic acids is 2. The van der Waals surface area contributed by atoms with Gasteiger partial charge in [0.25, 0.3) is 5.91 Å². The van der Waals surface area contributed by atoms with E-state index in [0.29, 0.717) is 28.3 Å². The number of hydrogen-bond acceptors (Lipinski definition) is 4. The number of rotatable bonds is 5. The quantitative estimate of drug-likeness (QED) is 0.689. The number of nitrogens with one attached hydrogen (secondary N) is 1. The summed E-state index contributed by atoms with van der Waals surface area (Å²) in [6, 6.07) is 22.8. The standard InChI is InChI=1S/C21H17NO4/c1-25-21(24)15-10-12-17(13-11-15)22-20(23)16-6-5-9-19(14-16)26-18-7-3-2-4-8-18/h2-14H,1H3,(H,22,23). The van der Waals surface area contributed by atoms with Crippen molar-refractivity contribution in [1.82, 2.24) is 0 Å². The second-order valence-corrected chi connectivity index (χ2v) is 5.47. The fraction of sp³-hybridized carbons (Fsp3) is 0.0476. The molecule has 3 aromatic rings. The van der Waals surface area contributed by atoms with E-state index in [0.717, 1.165) is 0 Å². The number of esters is 1. The van der Waals surface area contributed by atoms with Crippen molar-refractivity contribution >= 4 is 17.6 Å². The minimum Gasteiger partial charge on any atom is -0.465 e. The molecule has 1 amide bonds. The van der Waals surface area contributed by atoms with Crippen LogP contribution in [0.15, 0.2) is 78.9 Å². The Bertz CT molecular complexity index is 905. The van der Waals surface area contributed by atoms with Crippen molar-refractivity contribution in [3.63, 3.8) is 0 Å². The molecule has 0 saturated heterocycles. The van der Waals surface area contributed by atoms with Crippen molar-refractivity contribution in [3.8, 4) is 11.5 Å². The molecule has 1 N–H and O–H groups in total. The van der Waals surface area contributed by atoms with E-state index < -0.39 is 5.97 Å². The summed E-state index contributed by atoms with van der Waals surface area (Å²) in [6.07, 6.45) is 0. The van der Waals surface area contributed by atoms with Gasteiger partial charge in [0.2, 0.25) is 0 Å². The lowest BCUT2D eigenvalue weighted by molar-refractivity contribution is 0.0600. The fourth-order valence-electron chi connectivity index (χ4n) is 2.34. The van der Waals surface area contributed by atoms with Crippen molar-refractivity contribution in [3.05, 3.63) is 90.0 Å². The zero-order valence-electron chi connectivity index (χ0n) is 14.1. The van der Waals surface area contributed by atoms with Crippen LogP contribution in [0.5, 0.6) is 11.5 Å². The van der Waals surface area contributed by atoms with E-state index in [9.17, 15) is 9.59 Å². The van der Waals surface area contributed by atoms with Gasteiger partial charge in [0.15, 0.2) is 0 Å². The van der Waals surface area contributed by atoms with Crippen LogP contribution in [0.1, 0.15) is 20.7 Å². The summed E-state index contributed by atoms with van der Waals surface area (Å²) in [6.45, 7) is 0. The van der Waals surface area contributed by atoms with Gasteiger partial charge in [-0.05, 0) is 54.6 Å². The van der Waals surface area contributed by atoms with Crippen LogP contribution in [0.25, 0.3) is 0 Å². The van der Waals surface area contributed by atoms with E-state index >= 15 is 0 Å². The second kappa shape index (κ2) is 7.98. The number of amides is 1. The number of para-hydroxylation sites is 1. The van der Waals surface area contributed by atoms with Gasteiger partial charge in [0.1, 0.15) is 11.5 Å². The largest absolute Gasteiger partial charge is 0.465 e. The molecule has 0 heterocycles. The minimum absolute atomic E-state index is 0.269. The van der Waals surface area contributed by atoms with E-state index in [4.69, 9.17) is 4.74 Å². The van der Waals surface area contributed by atoms with Crippen molar-refractivity contribution in [2.75, 3.05) is 12.4 Å². The topological polar surface area (TPSA) is 64.6 Å². The average Bonchev–Trinajstić information content (AvgIpc) is 2.69. The highest BCUT2D eigenvalue weighted by atomic mass is 16.5. The summed E-state index contributed by atoms with van der Waals surface area (Å²) in [4.78, 5) is 23.9. The van der Waals surface area contributed by atoms with Crippen LogP contribution in [0, 0.1) is 0 Å². The lowest BCUT2D eigenvalue weighted by atomic mass is 10.1. The number of anilines is 1. The summed E-state index contributed by atoms with van der Waals surface area (Å²) in [5.74, 6) is 0.580. The van der Waals surface area contributed by atoms with Crippen molar-refractivity contribution in [2.45, 2.75) is 0 Å². The molecule has 0 aliphatic rings. The normalized spacial score (nSPS) is 10.0. The van der Waals surface area contributed by atoms with Crippen LogP contribution in [-0.2, 0) is 4.74 Å². The first-order valence-electron chi connectivity index (χ1n) is 7.98. The smallest absolute Gasteiger partial charge is 0.337 e. The molecule has 26 heavy (non-hydrogen) atoms. The van der Waals surface area contributed by atoms with Crippen LogP contribution < -0.4 is 10.1 Å². The average molecular weight is 347 g/mol. The predicted molar refractivity (Wildman–Crippen MR) is 98.7 cm³/mol. The number of carbonyl (C=O) groups is 2. The zero-order chi connectivity index (χ0) is 18.4. The van der Waals surface area contributed by atoms with Gasteiger partial charge in [-0.25, -0.2) is 4.79 Å². The Balaban J connectivity index is 1.70. The molecule has 5 heteroatoms. The first-order chi connectivity index (χ1) is 12.7. The molecule has 0 aromatic heterocycles. The van der Waals surface area contributed by atoms with Gasteiger partial charge in [-0.15, -0.1) is 0 Å². The van der Waals surface area contributed by atoms with Crippen LogP contribution >= 0.6 is 0 Å². The molecular weight excluding hydrogens is 330 g/mol. The summed E-state index contributed by atoms with van der Waals surface area (Å²) >= 11 is 0. The molecule has 3 rings (SSSR count). The molecule has 0 aliphatic carbocycles. The lowest BCUT2D eigenvalue weighted by Gasteiger charge is -2.09. The van der Waals surface area contributed by atoms with E-state index in [1.165, 1.54) is 7.11 Å². The summed E-state index contributed by atoms with van der Waals surface area (Å²) in [5.41, 5.74) is 1.47. The zero-order valence-corrected chi connectivity index (χ0v) is 14.1. The maximum absolute atomic E-state index is 12.4. The Morgan fingerprint density at radius 1 is 0.769 bits per heavy atom. The Kier molecular flexibility index (Phi) is 5.29. The van der Waals surface area contributed by atoms with Crippen LogP contribution in [0.4, 0.5) is 5.69 Å². The molecule has 0 aliphatic heterocycles. The molecule has 0 bridgehead atoms. The van der Waals surface area contributed by atoms with Gasteiger partial charge in [0, 0.05) is 11.3 Å². The third-order valence-corrected chi connectivity index (χ3v) is 3.64. The lowest BCUT2D eigenvalue weighted by Crippen LogP contribution is -2.12. The molecule has 0 fully saturated rings. The molecule has 0 atom stereocenters. The Morgan fingerprint density at radius 2 is 1.46 bits per heavy atom.